The van der Waals surface area contributed by atoms with Crippen molar-refractivity contribution in [1.82, 2.24) is 4.57 Å². The van der Waals surface area contributed by atoms with Crippen molar-refractivity contribution in [2.75, 3.05) is 7.11 Å². The summed E-state index contributed by atoms with van der Waals surface area (Å²) in [5.74, 6) is 1.35. The molecule has 0 saturated carbocycles. The van der Waals surface area contributed by atoms with Gasteiger partial charge in [0.25, 0.3) is 5.56 Å². The summed E-state index contributed by atoms with van der Waals surface area (Å²) in [6, 6.07) is 30.4. The Hall–Kier alpha value is -4.35. The van der Waals surface area contributed by atoms with Crippen LogP contribution in [0.15, 0.2) is 102 Å². The van der Waals surface area contributed by atoms with Crippen LogP contribution in [0.1, 0.15) is 5.56 Å². The molecule has 5 aromatic rings. The zero-order valence-electron chi connectivity index (χ0n) is 19.6. The molecule has 4 aromatic carbocycles. The summed E-state index contributed by atoms with van der Waals surface area (Å²) in [5.41, 5.74) is 4.31. The van der Waals surface area contributed by atoms with E-state index in [0.717, 1.165) is 22.4 Å². The van der Waals surface area contributed by atoms with Crippen molar-refractivity contribution in [2.45, 2.75) is 6.61 Å². The summed E-state index contributed by atoms with van der Waals surface area (Å²) in [6.45, 7) is 0.487. The number of hydrogen-bond acceptors (Lipinski definition) is 4. The molecule has 174 valence electrons. The molecular formula is C30H25NO4. The van der Waals surface area contributed by atoms with Crippen LogP contribution >= 0.6 is 0 Å². The summed E-state index contributed by atoms with van der Waals surface area (Å²) in [4.78, 5) is 13.3. The zero-order valence-corrected chi connectivity index (χ0v) is 19.6. The van der Waals surface area contributed by atoms with Crippen LogP contribution in [-0.4, -0.2) is 16.8 Å². The van der Waals surface area contributed by atoms with E-state index in [1.165, 1.54) is 0 Å². The second-order valence-electron chi connectivity index (χ2n) is 8.35. The van der Waals surface area contributed by atoms with E-state index in [-0.39, 0.29) is 16.9 Å². The Morgan fingerprint density at radius 3 is 2.20 bits per heavy atom. The smallest absolute Gasteiger partial charge is 0.262 e. The number of para-hydroxylation sites is 1. The van der Waals surface area contributed by atoms with Gasteiger partial charge >= 0.3 is 0 Å². The Labute approximate surface area is 203 Å². The van der Waals surface area contributed by atoms with E-state index in [2.05, 4.69) is 0 Å². The maximum Gasteiger partial charge on any atom is 0.262 e. The molecule has 0 amide bonds. The van der Waals surface area contributed by atoms with Crippen molar-refractivity contribution < 1.29 is 14.6 Å². The lowest BCUT2D eigenvalue weighted by Gasteiger charge is -2.15. The molecule has 5 rings (SSSR count). The van der Waals surface area contributed by atoms with Gasteiger partial charge < -0.3 is 19.1 Å². The number of methoxy groups -OCH3 is 1. The van der Waals surface area contributed by atoms with Gasteiger partial charge in [-0.1, -0.05) is 60.7 Å². The molecule has 0 unspecified atom stereocenters. The van der Waals surface area contributed by atoms with Crippen molar-refractivity contribution in [3.8, 4) is 39.5 Å². The van der Waals surface area contributed by atoms with Gasteiger partial charge in [0, 0.05) is 19.5 Å². The van der Waals surface area contributed by atoms with Crippen molar-refractivity contribution in [3.05, 3.63) is 113 Å². The first kappa shape index (κ1) is 22.4. The molecule has 1 N–H and O–H groups in total. The zero-order chi connectivity index (χ0) is 24.4. The second kappa shape index (κ2) is 9.49. The molecule has 0 saturated heterocycles. The van der Waals surface area contributed by atoms with Gasteiger partial charge in [-0.2, -0.15) is 0 Å². The van der Waals surface area contributed by atoms with E-state index >= 15 is 0 Å². The molecule has 0 aliphatic rings. The van der Waals surface area contributed by atoms with Crippen molar-refractivity contribution >= 4 is 10.9 Å². The van der Waals surface area contributed by atoms with Crippen LogP contribution in [0.25, 0.3) is 33.2 Å². The van der Waals surface area contributed by atoms with Crippen LogP contribution in [0.5, 0.6) is 17.2 Å². The summed E-state index contributed by atoms with van der Waals surface area (Å²) >= 11 is 0. The first-order chi connectivity index (χ1) is 17.1. The van der Waals surface area contributed by atoms with E-state index in [1.54, 1.807) is 43.0 Å². The van der Waals surface area contributed by atoms with Gasteiger partial charge in [0.05, 0.1) is 17.7 Å². The van der Waals surface area contributed by atoms with Gasteiger partial charge in [-0.15, -0.1) is 0 Å². The van der Waals surface area contributed by atoms with E-state index in [1.807, 2.05) is 72.8 Å². The van der Waals surface area contributed by atoms with E-state index in [4.69, 9.17) is 9.47 Å². The first-order valence-corrected chi connectivity index (χ1v) is 11.3. The number of aromatic nitrogens is 1. The lowest BCUT2D eigenvalue weighted by molar-refractivity contribution is 0.185. The molecule has 0 fully saturated rings. The number of rotatable bonds is 6. The highest BCUT2D eigenvalue weighted by molar-refractivity contribution is 5.94. The third-order valence-electron chi connectivity index (χ3n) is 6.12. The Morgan fingerprint density at radius 1 is 0.800 bits per heavy atom. The molecule has 0 bridgehead atoms. The predicted molar refractivity (Wildman–Crippen MR) is 139 cm³/mol. The molecular weight excluding hydrogens is 438 g/mol. The third-order valence-corrected chi connectivity index (χ3v) is 6.12. The third kappa shape index (κ3) is 4.29. The number of aromatic hydroxyl groups is 1. The highest BCUT2D eigenvalue weighted by Gasteiger charge is 2.17. The molecule has 0 atom stereocenters. The topological polar surface area (TPSA) is 60.7 Å². The highest BCUT2D eigenvalue weighted by Crippen LogP contribution is 2.36. The van der Waals surface area contributed by atoms with E-state index in [9.17, 15) is 9.90 Å². The van der Waals surface area contributed by atoms with Crippen LogP contribution in [0.2, 0.25) is 0 Å². The number of ether oxygens (including phenoxy) is 2. The van der Waals surface area contributed by atoms with Crippen molar-refractivity contribution in [1.29, 1.82) is 0 Å². The maximum absolute atomic E-state index is 13.3. The quantitative estimate of drug-likeness (QED) is 0.312. The van der Waals surface area contributed by atoms with Crippen LogP contribution in [0, 0.1) is 0 Å². The second-order valence-corrected chi connectivity index (χ2v) is 8.35. The highest BCUT2D eigenvalue weighted by atomic mass is 16.5. The average molecular weight is 464 g/mol. The molecule has 0 radical (unpaired) electrons. The molecule has 5 heteroatoms. The predicted octanol–water partition coefficient (Wildman–Crippen LogP) is 6.52. The Morgan fingerprint density at radius 2 is 1.46 bits per heavy atom. The first-order valence-electron chi connectivity index (χ1n) is 11.3. The van der Waals surface area contributed by atoms with Gasteiger partial charge in [-0.25, -0.2) is 0 Å². The lowest BCUT2D eigenvalue weighted by Crippen LogP contribution is -2.19. The standard InChI is InChI=1S/C30H25NO4/c1-31-27-18-21(25-11-7-6-8-22(25)19-34-2)14-17-26(27)29(32)28(30(31)33)20-12-15-24(16-13-20)35-23-9-4-3-5-10-23/h3-18,32H,19H2,1-2H3. The van der Waals surface area contributed by atoms with Gasteiger partial charge in [-0.05, 0) is 58.7 Å². The number of nitrogens with zero attached hydrogens (tertiary/aromatic N) is 1. The van der Waals surface area contributed by atoms with Crippen molar-refractivity contribution in [3.63, 3.8) is 0 Å². The Kier molecular flexibility index (Phi) is 6.08. The minimum absolute atomic E-state index is 0.0310. The van der Waals surface area contributed by atoms with Crippen LogP contribution in [-0.2, 0) is 18.4 Å². The molecule has 5 nitrogen and oxygen atoms in total. The molecule has 1 heterocycles. The minimum Gasteiger partial charge on any atom is -0.506 e. The SMILES string of the molecule is COCc1ccccc1-c1ccc2c(O)c(-c3ccc(Oc4ccccc4)cc3)c(=O)n(C)c2c1. The molecule has 1 aromatic heterocycles. The number of fused-ring (bicyclic) bond motifs is 1. The van der Waals surface area contributed by atoms with Crippen LogP contribution in [0.3, 0.4) is 0 Å². The van der Waals surface area contributed by atoms with Gasteiger partial charge in [0.15, 0.2) is 0 Å². The van der Waals surface area contributed by atoms with Gasteiger partial charge in [0.1, 0.15) is 17.2 Å². The maximum atomic E-state index is 13.3. The molecule has 0 aliphatic heterocycles. The van der Waals surface area contributed by atoms with E-state index < -0.39 is 0 Å². The number of aryl methyl sites for hydroxylation is 1. The monoisotopic (exact) mass is 463 g/mol. The number of benzene rings is 4. The minimum atomic E-state index is -0.269. The largest absolute Gasteiger partial charge is 0.506 e. The fourth-order valence-corrected chi connectivity index (χ4v) is 4.35. The fourth-order valence-electron chi connectivity index (χ4n) is 4.35. The van der Waals surface area contributed by atoms with Crippen LogP contribution in [0.4, 0.5) is 0 Å². The van der Waals surface area contributed by atoms with Gasteiger partial charge in [0.2, 0.25) is 0 Å². The fraction of sp³-hybridized carbons (Fsp3) is 0.100. The normalized spacial score (nSPS) is 11.0. The molecule has 0 aliphatic carbocycles. The van der Waals surface area contributed by atoms with Crippen molar-refractivity contribution in [2.24, 2.45) is 7.05 Å². The van der Waals surface area contributed by atoms with E-state index in [0.29, 0.717) is 28.8 Å². The lowest BCUT2D eigenvalue weighted by atomic mass is 9.97. The summed E-state index contributed by atoms with van der Waals surface area (Å²) in [6.07, 6.45) is 0. The summed E-state index contributed by atoms with van der Waals surface area (Å²) in [7, 11) is 3.39. The molecule has 35 heavy (non-hydrogen) atoms. The van der Waals surface area contributed by atoms with Crippen LogP contribution < -0.4 is 10.3 Å². The van der Waals surface area contributed by atoms with Gasteiger partial charge in [-0.3, -0.25) is 4.79 Å². The number of hydrogen-bond donors (Lipinski definition) is 1. The summed E-state index contributed by atoms with van der Waals surface area (Å²) < 4.78 is 12.8. The Bertz CT molecular complexity index is 1550. The summed E-state index contributed by atoms with van der Waals surface area (Å²) in [5, 5.41) is 11.8. The average Bonchev–Trinajstić information content (AvgIpc) is 2.89. The molecule has 0 spiro atoms. The number of pyridine rings is 1. The Balaban J connectivity index is 1.56.